The molecule has 0 bridgehead atoms. The minimum absolute atomic E-state index is 0.185. The van der Waals surface area contributed by atoms with Gasteiger partial charge in [-0.1, -0.05) is 12.5 Å². The van der Waals surface area contributed by atoms with Crippen molar-refractivity contribution in [1.82, 2.24) is 4.90 Å². The Morgan fingerprint density at radius 1 is 1.08 bits per heavy atom. The van der Waals surface area contributed by atoms with Gasteiger partial charge in [-0.05, 0) is 74.7 Å². The molecule has 0 unspecified atom stereocenters. The van der Waals surface area contributed by atoms with E-state index in [2.05, 4.69) is 9.80 Å². The number of hydrogen-bond donors (Lipinski definition) is 0. The Labute approximate surface area is 150 Å². The number of likely N-dealkylation sites (tertiary alicyclic amines) is 1. The number of rotatable bonds is 4. The molecule has 0 aromatic heterocycles. The standard InChI is InChI=1S/C21H29FN2O/c22-19-16-17(6-15-25)4-5-20(19)24-13-9-21(10-14-24)7-11-23(12-8-21)18-2-1-3-18/h4-5,15-16,18H,1-3,6-14H2. The maximum atomic E-state index is 14.4. The number of carbonyl (C=O) groups is 1. The van der Waals surface area contributed by atoms with Gasteiger partial charge in [-0.2, -0.15) is 0 Å². The van der Waals surface area contributed by atoms with Crippen molar-refractivity contribution in [2.75, 3.05) is 31.1 Å². The molecular weight excluding hydrogens is 315 g/mol. The van der Waals surface area contributed by atoms with Crippen LogP contribution in [0.15, 0.2) is 18.2 Å². The molecule has 25 heavy (non-hydrogen) atoms. The highest BCUT2D eigenvalue weighted by Gasteiger charge is 2.39. The van der Waals surface area contributed by atoms with E-state index < -0.39 is 0 Å². The van der Waals surface area contributed by atoms with Gasteiger partial charge in [-0.15, -0.1) is 0 Å². The van der Waals surface area contributed by atoms with Crippen LogP contribution in [0.2, 0.25) is 0 Å². The molecule has 1 aromatic rings. The van der Waals surface area contributed by atoms with Gasteiger partial charge in [0.1, 0.15) is 12.1 Å². The SMILES string of the molecule is O=CCc1ccc(N2CCC3(CC2)CCN(C2CCC2)CC3)c(F)c1. The number of nitrogens with zero attached hydrogens (tertiary/aromatic N) is 2. The monoisotopic (exact) mass is 344 g/mol. The van der Waals surface area contributed by atoms with E-state index in [0.717, 1.165) is 31.0 Å². The normalized spacial score (nSPS) is 24.3. The molecule has 3 aliphatic rings. The molecule has 2 saturated heterocycles. The van der Waals surface area contributed by atoms with Crippen LogP contribution in [0.5, 0.6) is 0 Å². The summed E-state index contributed by atoms with van der Waals surface area (Å²) >= 11 is 0. The Hall–Kier alpha value is -1.42. The first kappa shape index (κ1) is 17.0. The maximum Gasteiger partial charge on any atom is 0.146 e. The van der Waals surface area contributed by atoms with Crippen LogP contribution in [0, 0.1) is 11.2 Å². The molecule has 4 rings (SSSR count). The fraction of sp³-hybridized carbons (Fsp3) is 0.667. The summed E-state index contributed by atoms with van der Waals surface area (Å²) in [6, 6.07) is 6.13. The highest BCUT2D eigenvalue weighted by molar-refractivity contribution is 5.57. The zero-order valence-corrected chi connectivity index (χ0v) is 15.1. The Balaban J connectivity index is 1.34. The van der Waals surface area contributed by atoms with E-state index in [9.17, 15) is 9.18 Å². The summed E-state index contributed by atoms with van der Waals surface area (Å²) in [6.45, 7) is 4.43. The molecule has 2 heterocycles. The Kier molecular flexibility index (Phi) is 4.81. The van der Waals surface area contributed by atoms with Gasteiger partial charge in [-0.25, -0.2) is 4.39 Å². The second-order valence-corrected chi connectivity index (χ2v) is 8.26. The number of halogens is 1. The predicted molar refractivity (Wildman–Crippen MR) is 98.5 cm³/mol. The van der Waals surface area contributed by atoms with Crippen LogP contribution >= 0.6 is 0 Å². The van der Waals surface area contributed by atoms with Crippen molar-refractivity contribution in [1.29, 1.82) is 0 Å². The van der Waals surface area contributed by atoms with Crippen molar-refractivity contribution in [2.45, 2.75) is 57.4 Å². The van der Waals surface area contributed by atoms with Crippen LogP contribution in [0.3, 0.4) is 0 Å². The van der Waals surface area contributed by atoms with Crippen LogP contribution < -0.4 is 4.90 Å². The van der Waals surface area contributed by atoms with Crippen LogP contribution in [-0.2, 0) is 11.2 Å². The first-order chi connectivity index (χ1) is 12.2. The first-order valence-electron chi connectivity index (χ1n) is 9.90. The molecule has 0 radical (unpaired) electrons. The zero-order valence-electron chi connectivity index (χ0n) is 15.1. The van der Waals surface area contributed by atoms with Gasteiger partial charge in [0.2, 0.25) is 0 Å². The predicted octanol–water partition coefficient (Wildman–Crippen LogP) is 3.80. The molecule has 0 N–H and O–H groups in total. The van der Waals surface area contributed by atoms with Gasteiger partial charge in [0, 0.05) is 25.6 Å². The van der Waals surface area contributed by atoms with Crippen molar-refractivity contribution in [2.24, 2.45) is 5.41 Å². The fourth-order valence-electron chi connectivity index (χ4n) is 4.87. The van der Waals surface area contributed by atoms with Crippen molar-refractivity contribution in [3.63, 3.8) is 0 Å². The topological polar surface area (TPSA) is 23.6 Å². The van der Waals surface area contributed by atoms with Crippen LogP contribution in [0.25, 0.3) is 0 Å². The smallest absolute Gasteiger partial charge is 0.146 e. The summed E-state index contributed by atoms with van der Waals surface area (Å²) < 4.78 is 14.4. The molecule has 2 aliphatic heterocycles. The van der Waals surface area contributed by atoms with Gasteiger partial charge in [0.15, 0.2) is 0 Å². The number of carbonyl (C=O) groups excluding carboxylic acids is 1. The van der Waals surface area contributed by atoms with E-state index in [-0.39, 0.29) is 12.2 Å². The summed E-state index contributed by atoms with van der Waals surface area (Å²) in [5.41, 5.74) is 1.95. The Morgan fingerprint density at radius 2 is 1.76 bits per heavy atom. The molecule has 1 saturated carbocycles. The Bertz CT molecular complexity index is 610. The molecule has 3 nitrogen and oxygen atoms in total. The van der Waals surface area contributed by atoms with Crippen molar-refractivity contribution < 1.29 is 9.18 Å². The van der Waals surface area contributed by atoms with Crippen LogP contribution in [0.4, 0.5) is 10.1 Å². The third-order valence-corrected chi connectivity index (χ3v) is 6.95. The van der Waals surface area contributed by atoms with Gasteiger partial charge >= 0.3 is 0 Å². The van der Waals surface area contributed by atoms with Crippen molar-refractivity contribution in [3.05, 3.63) is 29.6 Å². The minimum Gasteiger partial charge on any atom is -0.369 e. The van der Waals surface area contributed by atoms with E-state index in [1.165, 1.54) is 64.1 Å². The largest absolute Gasteiger partial charge is 0.369 e. The minimum atomic E-state index is -0.185. The summed E-state index contributed by atoms with van der Waals surface area (Å²) in [5, 5.41) is 0. The Morgan fingerprint density at radius 3 is 2.32 bits per heavy atom. The lowest BCUT2D eigenvalue weighted by Gasteiger charge is -2.50. The number of piperidine rings is 2. The zero-order chi connectivity index (χ0) is 17.3. The van der Waals surface area contributed by atoms with Gasteiger partial charge in [0.25, 0.3) is 0 Å². The van der Waals surface area contributed by atoms with Crippen LogP contribution in [0.1, 0.15) is 50.5 Å². The molecule has 1 aliphatic carbocycles. The second kappa shape index (κ2) is 7.06. The van der Waals surface area contributed by atoms with Crippen molar-refractivity contribution in [3.8, 4) is 0 Å². The average Bonchev–Trinajstić information content (AvgIpc) is 2.57. The maximum absolute atomic E-state index is 14.4. The molecule has 1 aromatic carbocycles. The quantitative estimate of drug-likeness (QED) is 0.776. The molecule has 1 spiro atoms. The molecule has 3 fully saturated rings. The summed E-state index contributed by atoms with van der Waals surface area (Å²) in [4.78, 5) is 15.5. The summed E-state index contributed by atoms with van der Waals surface area (Å²) in [7, 11) is 0. The molecular formula is C21H29FN2O. The number of benzene rings is 1. The lowest BCUT2D eigenvalue weighted by atomic mass is 9.70. The first-order valence-corrected chi connectivity index (χ1v) is 9.90. The number of anilines is 1. The highest BCUT2D eigenvalue weighted by Crippen LogP contribution is 2.43. The number of aldehydes is 1. The molecule has 0 atom stereocenters. The third kappa shape index (κ3) is 3.46. The molecule has 0 amide bonds. The summed E-state index contributed by atoms with van der Waals surface area (Å²) in [5.74, 6) is -0.185. The second-order valence-electron chi connectivity index (χ2n) is 8.26. The van der Waals surface area contributed by atoms with Gasteiger partial charge in [-0.3, -0.25) is 0 Å². The van der Waals surface area contributed by atoms with Gasteiger partial charge in [0.05, 0.1) is 5.69 Å². The summed E-state index contributed by atoms with van der Waals surface area (Å²) in [6.07, 6.45) is 10.3. The molecule has 136 valence electrons. The van der Waals surface area contributed by atoms with E-state index in [0.29, 0.717) is 11.1 Å². The van der Waals surface area contributed by atoms with Gasteiger partial charge < -0.3 is 14.6 Å². The highest BCUT2D eigenvalue weighted by atomic mass is 19.1. The molecule has 4 heteroatoms. The third-order valence-electron chi connectivity index (χ3n) is 6.95. The van der Waals surface area contributed by atoms with E-state index >= 15 is 0 Å². The number of hydrogen-bond acceptors (Lipinski definition) is 3. The van der Waals surface area contributed by atoms with Crippen molar-refractivity contribution >= 4 is 12.0 Å². The van der Waals surface area contributed by atoms with E-state index in [1.807, 2.05) is 12.1 Å². The lowest BCUT2D eigenvalue weighted by molar-refractivity contribution is -0.107. The van der Waals surface area contributed by atoms with Crippen LogP contribution in [-0.4, -0.2) is 43.4 Å². The van der Waals surface area contributed by atoms with E-state index in [4.69, 9.17) is 0 Å². The average molecular weight is 344 g/mol. The lowest BCUT2D eigenvalue weighted by Crippen LogP contribution is -2.51. The van der Waals surface area contributed by atoms with E-state index in [1.54, 1.807) is 0 Å². The fourth-order valence-corrected chi connectivity index (χ4v) is 4.87.